The van der Waals surface area contributed by atoms with E-state index in [0.717, 1.165) is 33.6 Å². The lowest BCUT2D eigenvalue weighted by Crippen LogP contribution is -2.60. The van der Waals surface area contributed by atoms with Crippen LogP contribution in [0.1, 0.15) is 29.9 Å². The number of halogens is 5. The minimum Gasteiger partial charge on any atom is -0.508 e. The Labute approximate surface area is 247 Å². The van der Waals surface area contributed by atoms with Crippen molar-refractivity contribution in [1.82, 2.24) is 9.80 Å². The molecule has 0 unspecified atom stereocenters. The quantitative estimate of drug-likeness (QED) is 0.306. The molecule has 2 aliphatic carbocycles. The van der Waals surface area contributed by atoms with Crippen molar-refractivity contribution in [2.75, 3.05) is 7.05 Å². The number of phenols is 1. The summed E-state index contributed by atoms with van der Waals surface area (Å²) in [5.74, 6) is -7.93. The van der Waals surface area contributed by atoms with E-state index in [2.05, 4.69) is 4.74 Å². The third-order valence-corrected chi connectivity index (χ3v) is 10.2. The fourth-order valence-electron chi connectivity index (χ4n) is 7.04. The van der Waals surface area contributed by atoms with Crippen molar-refractivity contribution in [1.29, 1.82) is 0 Å². The zero-order valence-corrected chi connectivity index (χ0v) is 23.4. The smallest absolute Gasteiger partial charge is 0.508 e. The lowest BCUT2D eigenvalue weighted by molar-refractivity contribution is -0.274. The van der Waals surface area contributed by atoms with Gasteiger partial charge in [0.15, 0.2) is 9.75 Å². The highest BCUT2D eigenvalue weighted by Crippen LogP contribution is 2.66. The van der Waals surface area contributed by atoms with Crippen molar-refractivity contribution in [2.45, 2.75) is 41.4 Å². The molecule has 6 rings (SSSR count). The van der Waals surface area contributed by atoms with E-state index in [1.165, 1.54) is 7.05 Å². The topological polar surface area (TPSA) is 104 Å². The molecule has 3 fully saturated rings. The lowest BCUT2D eigenvalue weighted by Gasteiger charge is -2.50. The summed E-state index contributed by atoms with van der Waals surface area (Å²) in [4.78, 5) is 51.9. The Kier molecular flexibility index (Phi) is 6.44. The summed E-state index contributed by atoms with van der Waals surface area (Å²) in [6, 6.07) is 11.6. The lowest BCUT2D eigenvalue weighted by atomic mass is 9.56. The van der Waals surface area contributed by atoms with Crippen molar-refractivity contribution < 1.29 is 42.2 Å². The summed E-state index contributed by atoms with van der Waals surface area (Å²) in [6.07, 6.45) is -3.65. The molecule has 6 atom stereocenters. The number of hydrogen-bond donors (Lipinski definition) is 1. The van der Waals surface area contributed by atoms with Crippen LogP contribution in [0, 0.1) is 17.8 Å². The Morgan fingerprint density at radius 3 is 2.36 bits per heavy atom. The maximum Gasteiger partial charge on any atom is 0.573 e. The van der Waals surface area contributed by atoms with E-state index < -0.39 is 74.9 Å². The van der Waals surface area contributed by atoms with Gasteiger partial charge in [-0.1, -0.05) is 42.0 Å². The number of likely N-dealkylation sites (tertiary alicyclic amines) is 2. The second-order valence-corrected chi connectivity index (χ2v) is 12.3. The Morgan fingerprint density at radius 1 is 1.00 bits per heavy atom. The van der Waals surface area contributed by atoms with Crippen LogP contribution in [0.25, 0.3) is 0 Å². The molecule has 4 amide bonds. The first kappa shape index (κ1) is 28.5. The second-order valence-electron chi connectivity index (χ2n) is 11.0. The molecule has 220 valence electrons. The number of phenolic OH excluding ortho intramolecular Hbond substituents is 1. The van der Waals surface area contributed by atoms with Crippen LogP contribution in [-0.4, -0.2) is 61.7 Å². The molecule has 8 nitrogen and oxygen atoms in total. The highest BCUT2D eigenvalue weighted by Gasteiger charge is 2.76. The minimum absolute atomic E-state index is 0.0280. The van der Waals surface area contributed by atoms with Crippen LogP contribution in [0.2, 0.25) is 0 Å². The summed E-state index contributed by atoms with van der Waals surface area (Å²) < 4.78 is 43.4. The second kappa shape index (κ2) is 9.47. The van der Waals surface area contributed by atoms with Crippen LogP contribution in [0.15, 0.2) is 60.2 Å². The number of amides is 4. The molecule has 2 aromatic carbocycles. The maximum atomic E-state index is 13.9. The number of carbonyl (C=O) groups is 4. The van der Waals surface area contributed by atoms with Crippen LogP contribution in [-0.2, 0) is 25.7 Å². The number of allylic oxidation sites excluding steroid dienone is 2. The molecule has 0 spiro atoms. The van der Waals surface area contributed by atoms with Gasteiger partial charge < -0.3 is 9.84 Å². The van der Waals surface area contributed by atoms with Crippen molar-refractivity contribution in [2.24, 2.45) is 17.8 Å². The molecule has 13 heteroatoms. The number of hydrogen-bond acceptors (Lipinski definition) is 6. The zero-order chi connectivity index (χ0) is 30.4. The number of nitrogens with zero attached hydrogens (tertiary/aromatic N) is 2. The van der Waals surface area contributed by atoms with Gasteiger partial charge in [0.05, 0.1) is 18.4 Å². The summed E-state index contributed by atoms with van der Waals surface area (Å²) in [5, 5.41) is 10.9. The van der Waals surface area contributed by atoms with E-state index in [0.29, 0.717) is 5.57 Å². The van der Waals surface area contributed by atoms with E-state index in [1.54, 1.807) is 36.4 Å². The van der Waals surface area contributed by atoms with Crippen LogP contribution in [0.5, 0.6) is 11.5 Å². The molecule has 2 heterocycles. The highest BCUT2D eigenvalue weighted by molar-refractivity contribution is 6.53. The fraction of sp³-hybridized carbons (Fsp3) is 0.379. The van der Waals surface area contributed by atoms with E-state index in [4.69, 9.17) is 23.2 Å². The Morgan fingerprint density at radius 2 is 1.69 bits per heavy atom. The molecule has 2 saturated heterocycles. The number of fused-ring (bicyclic) bond motifs is 4. The first-order valence-electron chi connectivity index (χ1n) is 13.1. The third-order valence-electron chi connectivity index (χ3n) is 8.83. The first-order valence-corrected chi connectivity index (χ1v) is 13.8. The number of carbonyl (C=O) groups excluding carboxylic acids is 4. The zero-order valence-electron chi connectivity index (χ0n) is 21.9. The van der Waals surface area contributed by atoms with Gasteiger partial charge in [0.1, 0.15) is 11.5 Å². The van der Waals surface area contributed by atoms with Crippen molar-refractivity contribution >= 4 is 46.8 Å². The van der Waals surface area contributed by atoms with Crippen molar-refractivity contribution in [3.63, 3.8) is 0 Å². The SMILES string of the molecule is CN1C(=O)[C@]2(Cl)C[C@@H]3C(=CC[C@@H]4C(=O)N(Cc5ccccc5)C(=O)[C@@H]43)[C@H](c3cc(OC(F)(F)F)ccc3O)[C@]2(Cl)C1=O. The molecule has 2 aromatic rings. The molecule has 2 aliphatic heterocycles. The third kappa shape index (κ3) is 3.96. The molecular formula is C29H23Cl2F3N2O6. The van der Waals surface area contributed by atoms with Gasteiger partial charge in [-0.25, -0.2) is 0 Å². The van der Waals surface area contributed by atoms with Crippen LogP contribution in [0.3, 0.4) is 0 Å². The van der Waals surface area contributed by atoms with Crippen LogP contribution < -0.4 is 4.74 Å². The molecule has 0 aromatic heterocycles. The van der Waals surface area contributed by atoms with E-state index >= 15 is 0 Å². The maximum absolute atomic E-state index is 13.9. The number of aromatic hydroxyl groups is 1. The Hall–Kier alpha value is -3.57. The van der Waals surface area contributed by atoms with Gasteiger partial charge in [0, 0.05) is 18.5 Å². The number of imide groups is 2. The predicted molar refractivity (Wildman–Crippen MR) is 142 cm³/mol. The number of alkyl halides is 5. The summed E-state index contributed by atoms with van der Waals surface area (Å²) in [7, 11) is 1.18. The van der Waals surface area contributed by atoms with Crippen LogP contribution >= 0.6 is 23.2 Å². The monoisotopic (exact) mass is 622 g/mol. The average Bonchev–Trinajstić information content (AvgIpc) is 3.24. The van der Waals surface area contributed by atoms with Crippen molar-refractivity contribution in [3.05, 3.63) is 71.3 Å². The summed E-state index contributed by atoms with van der Waals surface area (Å²) in [5.41, 5.74) is 0.826. The molecule has 0 bridgehead atoms. The van der Waals surface area contributed by atoms with E-state index in [1.807, 2.05) is 0 Å². The minimum atomic E-state index is -5.06. The summed E-state index contributed by atoms with van der Waals surface area (Å²) >= 11 is 14.0. The number of benzene rings is 2. The van der Waals surface area contributed by atoms with Gasteiger partial charge in [-0.15, -0.1) is 36.4 Å². The predicted octanol–water partition coefficient (Wildman–Crippen LogP) is 4.48. The normalized spacial score (nSPS) is 32.5. The van der Waals surface area contributed by atoms with Gasteiger partial charge in [-0.3, -0.25) is 29.0 Å². The van der Waals surface area contributed by atoms with E-state index in [-0.39, 0.29) is 24.9 Å². The Balaban J connectivity index is 1.49. The molecule has 1 N–H and O–H groups in total. The van der Waals surface area contributed by atoms with Crippen molar-refractivity contribution in [3.8, 4) is 11.5 Å². The van der Waals surface area contributed by atoms with Gasteiger partial charge in [-0.05, 0) is 42.5 Å². The molecule has 4 aliphatic rings. The van der Waals surface area contributed by atoms with Gasteiger partial charge in [0.25, 0.3) is 11.8 Å². The number of rotatable bonds is 4. The molecule has 0 radical (unpaired) electrons. The molecule has 42 heavy (non-hydrogen) atoms. The van der Waals surface area contributed by atoms with E-state index in [9.17, 15) is 37.5 Å². The van der Waals surface area contributed by atoms with Gasteiger partial charge in [0.2, 0.25) is 11.8 Å². The Bertz CT molecular complexity index is 1570. The highest BCUT2D eigenvalue weighted by atomic mass is 35.5. The fourth-order valence-corrected chi connectivity index (χ4v) is 8.05. The largest absolute Gasteiger partial charge is 0.573 e. The molecule has 1 saturated carbocycles. The van der Waals surface area contributed by atoms with Gasteiger partial charge >= 0.3 is 6.36 Å². The molecular weight excluding hydrogens is 600 g/mol. The van der Waals surface area contributed by atoms with Crippen LogP contribution in [0.4, 0.5) is 13.2 Å². The first-order chi connectivity index (χ1) is 19.7. The standard InChI is InChI=1S/C29H23Cl2F3N2O6/c1-35-25(40)27(30)12-19-16(8-9-17-21(19)24(39)36(23(17)38)13-14-5-3-2-4-6-14)22(28(27,31)26(35)41)18-11-15(7-10-20(18)37)42-29(32,33)34/h2-8,10-11,17,19,21-22,37H,9,12-13H2,1H3/t17-,19+,21-,22+,27+,28-/m0/s1. The average molecular weight is 623 g/mol. The number of ether oxygens (including phenoxy) is 1. The summed E-state index contributed by atoms with van der Waals surface area (Å²) in [6.45, 7) is 0.0280. The van der Waals surface area contributed by atoms with Gasteiger partial charge in [-0.2, -0.15) is 0 Å².